The van der Waals surface area contributed by atoms with E-state index < -0.39 is 0 Å². The monoisotopic (exact) mass is 378 g/mol. The summed E-state index contributed by atoms with van der Waals surface area (Å²) in [5.41, 5.74) is 1.13. The Morgan fingerprint density at radius 1 is 0.960 bits per heavy atom. The summed E-state index contributed by atoms with van der Waals surface area (Å²) in [5.74, 6) is 0. The van der Waals surface area contributed by atoms with Crippen molar-refractivity contribution < 1.29 is 0 Å². The number of thiazole rings is 1. The van der Waals surface area contributed by atoms with Gasteiger partial charge < -0.3 is 0 Å². The van der Waals surface area contributed by atoms with Crippen LogP contribution in [0.4, 0.5) is 0 Å². The van der Waals surface area contributed by atoms with Crippen LogP contribution in [0.1, 0.15) is 79.1 Å². The number of fused-ring (bicyclic) bond motifs is 1. The summed E-state index contributed by atoms with van der Waals surface area (Å²) in [7, 11) is 0. The summed E-state index contributed by atoms with van der Waals surface area (Å²) >= 11 is 3.71. The molecule has 2 unspecified atom stereocenters. The van der Waals surface area contributed by atoms with Crippen LogP contribution in [0.25, 0.3) is 10.2 Å². The molecule has 2 atom stereocenters. The zero-order valence-electron chi connectivity index (χ0n) is 16.3. The van der Waals surface area contributed by atoms with Crippen molar-refractivity contribution in [1.29, 1.82) is 0 Å². The molecule has 0 spiro atoms. The van der Waals surface area contributed by atoms with Gasteiger partial charge in [-0.15, -0.1) is 11.3 Å². The molecule has 0 amide bonds. The molecule has 2 aromatic rings. The number of aromatic nitrogens is 1. The predicted molar refractivity (Wildman–Crippen MR) is 115 cm³/mol. The first-order valence-electron chi connectivity index (χ1n) is 9.97. The molecule has 1 heterocycles. The van der Waals surface area contributed by atoms with E-state index in [-0.39, 0.29) is 0 Å². The molecule has 0 bridgehead atoms. The summed E-state index contributed by atoms with van der Waals surface area (Å²) in [6.45, 7) is 9.36. The second kappa shape index (κ2) is 11.2. The van der Waals surface area contributed by atoms with Gasteiger partial charge in [0.15, 0.2) is 4.34 Å². The summed E-state index contributed by atoms with van der Waals surface area (Å²) in [6, 6.07) is 9.68. The van der Waals surface area contributed by atoms with Gasteiger partial charge in [-0.3, -0.25) is 0 Å². The number of benzene rings is 1. The molecule has 0 saturated carbocycles. The maximum atomic E-state index is 4.85. The van der Waals surface area contributed by atoms with Gasteiger partial charge in [-0.05, 0) is 50.8 Å². The number of para-hydroxylation sites is 1. The van der Waals surface area contributed by atoms with E-state index in [0.29, 0.717) is 12.1 Å². The SMILES string of the molecule is CCCCCC(C)N(Sc1nc2ccccc2s1)C(C)CCCCC. The largest absolute Gasteiger partial charge is 0.239 e. The van der Waals surface area contributed by atoms with Gasteiger partial charge >= 0.3 is 0 Å². The van der Waals surface area contributed by atoms with Crippen LogP contribution in [0.3, 0.4) is 0 Å². The van der Waals surface area contributed by atoms with Gasteiger partial charge in [0.05, 0.1) is 10.2 Å². The van der Waals surface area contributed by atoms with Gasteiger partial charge in [0, 0.05) is 12.1 Å². The van der Waals surface area contributed by atoms with Crippen LogP contribution in [-0.2, 0) is 0 Å². The molecule has 2 rings (SSSR count). The topological polar surface area (TPSA) is 16.1 Å². The van der Waals surface area contributed by atoms with Crippen molar-refractivity contribution in [2.45, 2.75) is 95.5 Å². The Hall–Kier alpha value is -0.580. The Balaban J connectivity index is 2.05. The summed E-state index contributed by atoms with van der Waals surface area (Å²) < 4.78 is 5.11. The molecule has 0 saturated heterocycles. The highest BCUT2D eigenvalue weighted by Crippen LogP contribution is 2.35. The molecule has 1 aromatic carbocycles. The van der Waals surface area contributed by atoms with E-state index in [2.05, 4.69) is 56.3 Å². The van der Waals surface area contributed by atoms with Crippen LogP contribution in [-0.4, -0.2) is 21.4 Å². The minimum Gasteiger partial charge on any atom is -0.239 e. The maximum Gasteiger partial charge on any atom is 0.166 e. The highest BCUT2D eigenvalue weighted by atomic mass is 32.2. The van der Waals surface area contributed by atoms with Gasteiger partial charge in [0.2, 0.25) is 0 Å². The highest BCUT2D eigenvalue weighted by Gasteiger charge is 2.22. The number of hydrogen-bond acceptors (Lipinski definition) is 4. The lowest BCUT2D eigenvalue weighted by Crippen LogP contribution is -2.34. The van der Waals surface area contributed by atoms with Crippen molar-refractivity contribution in [3.05, 3.63) is 24.3 Å². The minimum absolute atomic E-state index is 0.597. The molecular weight excluding hydrogens is 344 g/mol. The van der Waals surface area contributed by atoms with Crippen molar-refractivity contribution in [2.24, 2.45) is 0 Å². The number of hydrogen-bond donors (Lipinski definition) is 0. The molecule has 0 aliphatic heterocycles. The Bertz CT molecular complexity index is 562. The van der Waals surface area contributed by atoms with Crippen LogP contribution in [0.15, 0.2) is 28.6 Å². The van der Waals surface area contributed by atoms with Crippen LogP contribution in [0.5, 0.6) is 0 Å². The Morgan fingerprint density at radius 3 is 2.12 bits per heavy atom. The van der Waals surface area contributed by atoms with Gasteiger partial charge in [-0.25, -0.2) is 9.29 Å². The lowest BCUT2D eigenvalue weighted by atomic mass is 10.1. The molecule has 0 aliphatic rings. The van der Waals surface area contributed by atoms with Gasteiger partial charge in [-0.1, -0.05) is 64.5 Å². The number of rotatable bonds is 12. The van der Waals surface area contributed by atoms with Gasteiger partial charge in [-0.2, -0.15) is 0 Å². The molecule has 25 heavy (non-hydrogen) atoms. The zero-order chi connectivity index (χ0) is 18.1. The third-order valence-corrected chi connectivity index (χ3v) is 7.26. The van der Waals surface area contributed by atoms with E-state index >= 15 is 0 Å². The predicted octanol–water partition coefficient (Wildman–Crippen LogP) is 7.54. The Morgan fingerprint density at radius 2 is 1.56 bits per heavy atom. The minimum atomic E-state index is 0.597. The van der Waals surface area contributed by atoms with E-state index in [9.17, 15) is 0 Å². The molecule has 0 fully saturated rings. The van der Waals surface area contributed by atoms with E-state index in [1.807, 2.05) is 23.3 Å². The Labute approximate surface area is 162 Å². The normalized spacial score (nSPS) is 14.3. The van der Waals surface area contributed by atoms with Crippen molar-refractivity contribution >= 4 is 33.5 Å². The van der Waals surface area contributed by atoms with E-state index in [1.54, 1.807) is 0 Å². The second-order valence-corrected chi connectivity index (χ2v) is 9.37. The average Bonchev–Trinajstić information content (AvgIpc) is 3.02. The summed E-state index contributed by atoms with van der Waals surface area (Å²) in [6.07, 6.45) is 10.5. The van der Waals surface area contributed by atoms with Crippen molar-refractivity contribution in [3.63, 3.8) is 0 Å². The average molecular weight is 379 g/mol. The number of unbranched alkanes of at least 4 members (excludes halogenated alkanes) is 4. The Kier molecular flexibility index (Phi) is 9.29. The van der Waals surface area contributed by atoms with Crippen molar-refractivity contribution in [2.75, 3.05) is 0 Å². The third kappa shape index (κ3) is 6.58. The lowest BCUT2D eigenvalue weighted by Gasteiger charge is -2.32. The third-order valence-electron chi connectivity index (χ3n) is 4.78. The molecule has 140 valence electrons. The van der Waals surface area contributed by atoms with Gasteiger partial charge in [0.25, 0.3) is 0 Å². The van der Waals surface area contributed by atoms with E-state index in [1.165, 1.54) is 60.4 Å². The molecule has 4 heteroatoms. The fraction of sp³-hybridized carbons (Fsp3) is 0.667. The molecule has 2 nitrogen and oxygen atoms in total. The van der Waals surface area contributed by atoms with E-state index in [4.69, 9.17) is 4.98 Å². The molecular formula is C21H34N2S2. The highest BCUT2D eigenvalue weighted by molar-refractivity contribution is 7.99. The second-order valence-electron chi connectivity index (χ2n) is 7.09. The standard InChI is InChI=1S/C21H34N2S2/c1-5-7-9-13-17(3)23(18(4)14-10-8-6-2)25-21-22-19-15-11-12-16-20(19)24-21/h11-12,15-18H,5-10,13-14H2,1-4H3. The zero-order valence-corrected chi connectivity index (χ0v) is 18.0. The van der Waals surface area contributed by atoms with E-state index in [0.717, 1.165) is 5.52 Å². The first-order valence-corrected chi connectivity index (χ1v) is 11.6. The van der Waals surface area contributed by atoms with Crippen molar-refractivity contribution in [1.82, 2.24) is 9.29 Å². The van der Waals surface area contributed by atoms with Gasteiger partial charge in [0.1, 0.15) is 0 Å². The van der Waals surface area contributed by atoms with Crippen LogP contribution < -0.4 is 0 Å². The molecule has 0 aliphatic carbocycles. The van der Waals surface area contributed by atoms with Crippen LogP contribution in [0.2, 0.25) is 0 Å². The molecule has 0 N–H and O–H groups in total. The first kappa shape index (κ1) is 20.7. The summed E-state index contributed by atoms with van der Waals surface area (Å²) in [5, 5.41) is 0. The fourth-order valence-corrected chi connectivity index (χ4v) is 5.49. The molecule has 1 aromatic heterocycles. The lowest BCUT2D eigenvalue weighted by molar-refractivity contribution is 0.268. The maximum absolute atomic E-state index is 4.85. The van der Waals surface area contributed by atoms with Crippen molar-refractivity contribution in [3.8, 4) is 0 Å². The first-order chi connectivity index (χ1) is 12.2. The fourth-order valence-electron chi connectivity index (χ4n) is 3.23. The quantitative estimate of drug-likeness (QED) is 0.280. The number of nitrogens with zero attached hydrogens (tertiary/aromatic N) is 2. The summed E-state index contributed by atoms with van der Waals surface area (Å²) in [4.78, 5) is 4.85. The molecule has 0 radical (unpaired) electrons. The van der Waals surface area contributed by atoms with Crippen LogP contribution >= 0.6 is 23.3 Å². The smallest absolute Gasteiger partial charge is 0.166 e. The van der Waals surface area contributed by atoms with Crippen LogP contribution in [0, 0.1) is 0 Å².